The van der Waals surface area contributed by atoms with Gasteiger partial charge in [-0.15, -0.1) is 0 Å². The van der Waals surface area contributed by atoms with Crippen molar-refractivity contribution in [1.82, 2.24) is 9.21 Å². The fraction of sp³-hybridized carbons (Fsp3) is 0.364. The molecular weight excluding hydrogens is 434 g/mol. The molecule has 0 aromatic heterocycles. The highest BCUT2D eigenvalue weighted by atomic mass is 32.2. The maximum atomic E-state index is 13.3. The first kappa shape index (κ1) is 22.1. The van der Waals surface area contributed by atoms with E-state index in [1.165, 1.54) is 29.5 Å². The molecule has 4 rings (SSSR count). The van der Waals surface area contributed by atoms with Gasteiger partial charge in [0.05, 0.1) is 19.9 Å². The lowest BCUT2D eigenvalue weighted by Gasteiger charge is -2.35. The van der Waals surface area contributed by atoms with Crippen molar-refractivity contribution in [3.05, 3.63) is 48.5 Å². The van der Waals surface area contributed by atoms with Crippen molar-refractivity contribution < 1.29 is 27.5 Å². The predicted molar refractivity (Wildman–Crippen MR) is 117 cm³/mol. The molecule has 2 heterocycles. The quantitative estimate of drug-likeness (QED) is 0.615. The Morgan fingerprint density at radius 3 is 2.25 bits per heavy atom. The number of hydrogen-bond donors (Lipinski definition) is 0. The molecule has 0 atom stereocenters. The van der Waals surface area contributed by atoms with Crippen molar-refractivity contribution in [1.29, 1.82) is 0 Å². The van der Waals surface area contributed by atoms with Crippen molar-refractivity contribution in [2.45, 2.75) is 23.8 Å². The summed E-state index contributed by atoms with van der Waals surface area (Å²) >= 11 is 0. The largest absolute Gasteiger partial charge is 0.497 e. The molecule has 2 fully saturated rings. The van der Waals surface area contributed by atoms with Gasteiger partial charge in [-0.2, -0.15) is 4.31 Å². The highest BCUT2D eigenvalue weighted by Crippen LogP contribution is 2.33. The Hall–Kier alpha value is -3.11. The first-order chi connectivity index (χ1) is 15.4. The summed E-state index contributed by atoms with van der Waals surface area (Å²) in [5.41, 5.74) is 0.537. The average Bonchev–Trinajstić information content (AvgIpc) is 3.12. The molecule has 0 bridgehead atoms. The number of para-hydroxylation sites is 1. The normalized spacial score (nSPS) is 18.3. The molecule has 0 spiro atoms. The molecule has 9 nitrogen and oxygen atoms in total. The van der Waals surface area contributed by atoms with E-state index in [4.69, 9.17) is 9.47 Å². The second kappa shape index (κ2) is 8.79. The Kier molecular flexibility index (Phi) is 6.07. The minimum absolute atomic E-state index is 0.00511. The van der Waals surface area contributed by atoms with E-state index in [1.54, 1.807) is 41.3 Å². The van der Waals surface area contributed by atoms with E-state index in [2.05, 4.69) is 0 Å². The number of hydrogen-bond acceptors (Lipinski definition) is 6. The number of rotatable bonds is 6. The van der Waals surface area contributed by atoms with E-state index >= 15 is 0 Å². The number of nitrogens with zero attached hydrogens (tertiary/aromatic N) is 3. The van der Waals surface area contributed by atoms with Crippen LogP contribution in [0.4, 0.5) is 10.5 Å². The molecule has 2 saturated heterocycles. The fourth-order valence-electron chi connectivity index (χ4n) is 4.15. The summed E-state index contributed by atoms with van der Waals surface area (Å²) in [5, 5.41) is 0. The first-order valence-electron chi connectivity index (χ1n) is 10.3. The summed E-state index contributed by atoms with van der Waals surface area (Å²) in [6.45, 7) is 0.461. The number of methoxy groups -OCH3 is 2. The van der Waals surface area contributed by atoms with Crippen LogP contribution in [0.15, 0.2) is 53.4 Å². The Labute approximate surface area is 187 Å². The number of ether oxygens (including phenoxy) is 2. The molecule has 2 aliphatic rings. The molecule has 32 heavy (non-hydrogen) atoms. The maximum absolute atomic E-state index is 13.3. The summed E-state index contributed by atoms with van der Waals surface area (Å²) < 4.78 is 38.3. The fourth-order valence-corrected chi connectivity index (χ4v) is 5.80. The van der Waals surface area contributed by atoms with E-state index in [1.807, 2.05) is 6.07 Å². The van der Waals surface area contributed by atoms with Crippen molar-refractivity contribution in [2.24, 2.45) is 0 Å². The maximum Gasteiger partial charge on any atom is 0.332 e. The molecule has 10 heteroatoms. The van der Waals surface area contributed by atoms with Crippen LogP contribution in [0.5, 0.6) is 11.5 Å². The molecule has 0 unspecified atom stereocenters. The summed E-state index contributed by atoms with van der Waals surface area (Å²) in [6.07, 6.45) is 0.875. The molecule has 2 aromatic rings. The predicted octanol–water partition coefficient (Wildman–Crippen LogP) is 2.33. The van der Waals surface area contributed by atoms with Crippen LogP contribution in [0.1, 0.15) is 12.8 Å². The third kappa shape index (κ3) is 3.91. The molecule has 2 aliphatic heterocycles. The van der Waals surface area contributed by atoms with Crippen LogP contribution in [-0.2, 0) is 14.8 Å². The van der Waals surface area contributed by atoms with Crippen LogP contribution in [0.25, 0.3) is 0 Å². The monoisotopic (exact) mass is 459 g/mol. The Bertz CT molecular complexity index is 1110. The zero-order valence-electron chi connectivity index (χ0n) is 17.9. The van der Waals surface area contributed by atoms with E-state index in [0.717, 1.165) is 0 Å². The van der Waals surface area contributed by atoms with Gasteiger partial charge in [-0.25, -0.2) is 18.1 Å². The number of benzene rings is 2. The van der Waals surface area contributed by atoms with E-state index in [-0.39, 0.29) is 48.3 Å². The molecule has 170 valence electrons. The van der Waals surface area contributed by atoms with Crippen molar-refractivity contribution >= 4 is 27.6 Å². The van der Waals surface area contributed by atoms with Crippen LogP contribution in [0, 0.1) is 0 Å². The number of anilines is 1. The van der Waals surface area contributed by atoms with E-state index < -0.39 is 10.0 Å². The molecule has 0 saturated carbocycles. The smallest absolute Gasteiger partial charge is 0.332 e. The molecular formula is C22H25N3O6S. The van der Waals surface area contributed by atoms with Crippen molar-refractivity contribution in [2.75, 3.05) is 38.8 Å². The second-order valence-corrected chi connectivity index (χ2v) is 9.53. The number of carbonyl (C=O) groups excluding carboxylic acids is 2. The first-order valence-corrected chi connectivity index (χ1v) is 11.7. The van der Waals surface area contributed by atoms with Crippen molar-refractivity contribution in [3.63, 3.8) is 0 Å². The zero-order valence-corrected chi connectivity index (χ0v) is 18.7. The summed E-state index contributed by atoms with van der Waals surface area (Å²) in [6, 6.07) is 12.9. The van der Waals surface area contributed by atoms with Gasteiger partial charge in [0.25, 0.3) is 5.91 Å². The Morgan fingerprint density at radius 2 is 1.62 bits per heavy atom. The number of imide groups is 1. The van der Waals surface area contributed by atoms with Gasteiger partial charge in [-0.3, -0.25) is 4.79 Å². The highest BCUT2D eigenvalue weighted by molar-refractivity contribution is 7.89. The lowest BCUT2D eigenvalue weighted by molar-refractivity contribution is -0.116. The third-order valence-corrected chi connectivity index (χ3v) is 7.78. The second-order valence-electron chi connectivity index (χ2n) is 7.63. The zero-order chi connectivity index (χ0) is 22.9. The van der Waals surface area contributed by atoms with Gasteiger partial charge in [0.15, 0.2) is 0 Å². The molecule has 3 amide bonds. The van der Waals surface area contributed by atoms with Crippen LogP contribution in [-0.4, -0.2) is 69.5 Å². The highest BCUT2D eigenvalue weighted by Gasteiger charge is 2.42. The van der Waals surface area contributed by atoms with Gasteiger partial charge >= 0.3 is 6.03 Å². The lowest BCUT2D eigenvalue weighted by Crippen LogP contribution is -2.48. The van der Waals surface area contributed by atoms with Gasteiger partial charge in [0, 0.05) is 25.2 Å². The molecule has 0 N–H and O–H groups in total. The molecule has 2 aromatic carbocycles. The summed E-state index contributed by atoms with van der Waals surface area (Å²) in [4.78, 5) is 28.2. The number of urea groups is 1. The van der Waals surface area contributed by atoms with Gasteiger partial charge in [-0.05, 0) is 37.1 Å². The standard InChI is InChI=1S/C22H25N3O6S/c1-30-18-8-9-19(31-2)20(14-18)32(28,29)23-12-10-16(11-13-23)24-15-21(26)25(22(24)27)17-6-4-3-5-7-17/h3-9,14,16H,10-13,15H2,1-2H3. The van der Waals surface area contributed by atoms with Crippen LogP contribution < -0.4 is 14.4 Å². The van der Waals surface area contributed by atoms with Gasteiger partial charge in [0.2, 0.25) is 10.0 Å². The van der Waals surface area contributed by atoms with Gasteiger partial charge in [0.1, 0.15) is 22.9 Å². The summed E-state index contributed by atoms with van der Waals surface area (Å²) in [7, 11) is -0.928. The molecule has 0 radical (unpaired) electrons. The average molecular weight is 460 g/mol. The van der Waals surface area contributed by atoms with Gasteiger partial charge in [-0.1, -0.05) is 18.2 Å². The van der Waals surface area contributed by atoms with E-state index in [9.17, 15) is 18.0 Å². The Morgan fingerprint density at radius 1 is 0.938 bits per heavy atom. The van der Waals surface area contributed by atoms with Crippen molar-refractivity contribution in [3.8, 4) is 11.5 Å². The van der Waals surface area contributed by atoms with E-state index in [0.29, 0.717) is 24.3 Å². The van der Waals surface area contributed by atoms with Crippen LogP contribution >= 0.6 is 0 Å². The number of piperidine rings is 1. The Balaban J connectivity index is 1.48. The molecule has 0 aliphatic carbocycles. The minimum Gasteiger partial charge on any atom is -0.497 e. The SMILES string of the molecule is COc1ccc(OC)c(S(=O)(=O)N2CCC(N3CC(=O)N(c4ccccc4)C3=O)CC2)c1. The minimum atomic E-state index is -3.81. The van der Waals surface area contributed by atoms with Crippen LogP contribution in [0.3, 0.4) is 0 Å². The number of amides is 3. The topological polar surface area (TPSA) is 96.5 Å². The summed E-state index contributed by atoms with van der Waals surface area (Å²) in [5.74, 6) is 0.380. The number of carbonyl (C=O) groups is 2. The number of sulfonamides is 1. The van der Waals surface area contributed by atoms with Gasteiger partial charge < -0.3 is 14.4 Å². The lowest BCUT2D eigenvalue weighted by atomic mass is 10.1. The van der Waals surface area contributed by atoms with Crippen LogP contribution in [0.2, 0.25) is 0 Å². The third-order valence-electron chi connectivity index (χ3n) is 5.86.